The van der Waals surface area contributed by atoms with Crippen LogP contribution in [0.3, 0.4) is 0 Å². The highest BCUT2D eigenvalue weighted by atomic mass is 16.1. The predicted octanol–water partition coefficient (Wildman–Crippen LogP) is -0.844. The zero-order valence-corrected chi connectivity index (χ0v) is 7.76. The van der Waals surface area contributed by atoms with Crippen molar-refractivity contribution in [3.8, 4) is 0 Å². The van der Waals surface area contributed by atoms with Gasteiger partial charge >= 0.3 is 0 Å². The lowest BCUT2D eigenvalue weighted by atomic mass is 9.96. The Balaban J connectivity index is 2.65. The third-order valence-corrected chi connectivity index (χ3v) is 2.30. The Morgan fingerprint density at radius 3 is 2.67 bits per heavy atom. The molecule has 0 aromatic carbocycles. The van der Waals surface area contributed by atoms with E-state index < -0.39 is 5.54 Å². The fourth-order valence-corrected chi connectivity index (χ4v) is 1.77. The van der Waals surface area contributed by atoms with Gasteiger partial charge in [0.1, 0.15) is 5.54 Å². The molecular weight excluding hydrogens is 154 g/mol. The highest BCUT2D eigenvalue weighted by Gasteiger charge is 2.39. The molecule has 12 heavy (non-hydrogen) atoms. The second-order valence-corrected chi connectivity index (χ2v) is 3.71. The van der Waals surface area contributed by atoms with Gasteiger partial charge in [-0.3, -0.25) is 4.79 Å². The molecule has 1 fully saturated rings. The van der Waals surface area contributed by atoms with E-state index in [1.165, 1.54) is 0 Å². The Morgan fingerprint density at radius 1 is 1.67 bits per heavy atom. The van der Waals surface area contributed by atoms with Gasteiger partial charge in [-0.15, -0.1) is 0 Å². The number of hydrogen-bond donors (Lipinski definition) is 2. The van der Waals surface area contributed by atoms with E-state index in [1.807, 2.05) is 19.0 Å². The second kappa shape index (κ2) is 3.41. The number of carbonyl (C=O) groups excluding carboxylic acids is 1. The maximum Gasteiger partial charge on any atom is 0.239 e. The van der Waals surface area contributed by atoms with Crippen LogP contribution in [0.15, 0.2) is 0 Å². The summed E-state index contributed by atoms with van der Waals surface area (Å²) in [6.07, 6.45) is 1.90. The molecule has 1 atom stereocenters. The minimum absolute atomic E-state index is 0.228. The van der Waals surface area contributed by atoms with Crippen LogP contribution in [0.25, 0.3) is 0 Å². The number of nitrogens with two attached hydrogens (primary N) is 1. The van der Waals surface area contributed by atoms with E-state index in [-0.39, 0.29) is 5.91 Å². The maximum absolute atomic E-state index is 11.2. The van der Waals surface area contributed by atoms with Crippen LogP contribution in [-0.4, -0.2) is 43.5 Å². The molecule has 1 heterocycles. The third kappa shape index (κ3) is 1.76. The molecule has 0 aromatic heterocycles. The third-order valence-electron chi connectivity index (χ3n) is 2.30. The van der Waals surface area contributed by atoms with E-state index in [4.69, 9.17) is 5.73 Å². The molecule has 70 valence electrons. The molecule has 4 heteroatoms. The summed E-state index contributed by atoms with van der Waals surface area (Å²) in [5.41, 5.74) is 4.88. The average Bonchev–Trinajstić information content (AvgIpc) is 2.35. The first-order valence-electron chi connectivity index (χ1n) is 4.26. The monoisotopic (exact) mass is 171 g/mol. The van der Waals surface area contributed by atoms with E-state index in [0.717, 1.165) is 19.4 Å². The Hall–Kier alpha value is -0.610. The fraction of sp³-hybridized carbons (Fsp3) is 0.875. The smallest absolute Gasteiger partial charge is 0.239 e. The van der Waals surface area contributed by atoms with E-state index >= 15 is 0 Å². The number of primary amides is 1. The summed E-state index contributed by atoms with van der Waals surface area (Å²) in [4.78, 5) is 13.2. The predicted molar refractivity (Wildman–Crippen MR) is 47.7 cm³/mol. The summed E-state index contributed by atoms with van der Waals surface area (Å²) < 4.78 is 0. The van der Waals surface area contributed by atoms with Gasteiger partial charge in [0.15, 0.2) is 0 Å². The Morgan fingerprint density at radius 2 is 2.33 bits per heavy atom. The molecule has 0 bridgehead atoms. The summed E-state index contributed by atoms with van der Waals surface area (Å²) in [6, 6.07) is 0. The minimum atomic E-state index is -0.469. The quantitative estimate of drug-likeness (QED) is 0.582. The van der Waals surface area contributed by atoms with Gasteiger partial charge < -0.3 is 16.0 Å². The molecular formula is C8H17N3O. The molecule has 0 aromatic rings. The first-order chi connectivity index (χ1) is 5.57. The van der Waals surface area contributed by atoms with Crippen molar-refractivity contribution in [1.82, 2.24) is 10.2 Å². The average molecular weight is 171 g/mol. The molecule has 1 saturated heterocycles. The van der Waals surface area contributed by atoms with Crippen LogP contribution in [0, 0.1) is 0 Å². The van der Waals surface area contributed by atoms with Crippen molar-refractivity contribution in [3.05, 3.63) is 0 Å². The number of nitrogens with one attached hydrogen (secondary N) is 1. The standard InChI is InChI=1S/C8H17N3O/c1-11(2)6-8(7(9)12)4-3-5-10-8/h10H,3-6H2,1-2H3,(H2,9,12). The molecule has 1 aliphatic rings. The first-order valence-corrected chi connectivity index (χ1v) is 4.26. The molecule has 0 radical (unpaired) electrons. The summed E-state index contributed by atoms with van der Waals surface area (Å²) in [6.45, 7) is 1.60. The highest BCUT2D eigenvalue weighted by molar-refractivity contribution is 5.85. The van der Waals surface area contributed by atoms with E-state index in [1.54, 1.807) is 0 Å². The van der Waals surface area contributed by atoms with Gasteiger partial charge in [0.25, 0.3) is 0 Å². The van der Waals surface area contributed by atoms with Gasteiger partial charge in [0, 0.05) is 6.54 Å². The van der Waals surface area contributed by atoms with Crippen LogP contribution in [0.2, 0.25) is 0 Å². The second-order valence-electron chi connectivity index (χ2n) is 3.71. The number of rotatable bonds is 3. The SMILES string of the molecule is CN(C)CC1(C(N)=O)CCCN1. The normalized spacial score (nSPS) is 29.6. The van der Waals surface area contributed by atoms with Crippen LogP contribution >= 0.6 is 0 Å². The Bertz CT molecular complexity index is 173. The highest BCUT2D eigenvalue weighted by Crippen LogP contribution is 2.19. The van der Waals surface area contributed by atoms with Crippen LogP contribution < -0.4 is 11.1 Å². The van der Waals surface area contributed by atoms with Gasteiger partial charge in [-0.25, -0.2) is 0 Å². The summed E-state index contributed by atoms with van der Waals surface area (Å²) >= 11 is 0. The molecule has 1 unspecified atom stereocenters. The Kier molecular flexibility index (Phi) is 2.69. The summed E-state index contributed by atoms with van der Waals surface area (Å²) in [7, 11) is 3.90. The minimum Gasteiger partial charge on any atom is -0.368 e. The number of carbonyl (C=O) groups is 1. The molecule has 0 aliphatic carbocycles. The zero-order valence-electron chi connectivity index (χ0n) is 7.76. The lowest BCUT2D eigenvalue weighted by Crippen LogP contribution is -2.57. The lowest BCUT2D eigenvalue weighted by Gasteiger charge is -2.28. The van der Waals surface area contributed by atoms with Crippen LogP contribution in [0.1, 0.15) is 12.8 Å². The summed E-state index contributed by atoms with van der Waals surface area (Å²) in [5.74, 6) is -0.228. The van der Waals surface area contributed by atoms with Gasteiger partial charge in [-0.2, -0.15) is 0 Å². The van der Waals surface area contributed by atoms with Crippen LogP contribution in [0.4, 0.5) is 0 Å². The molecule has 1 aliphatic heterocycles. The Labute approximate surface area is 73.1 Å². The molecule has 4 nitrogen and oxygen atoms in total. The largest absolute Gasteiger partial charge is 0.368 e. The topological polar surface area (TPSA) is 58.4 Å². The van der Waals surface area contributed by atoms with Crippen molar-refractivity contribution >= 4 is 5.91 Å². The molecule has 3 N–H and O–H groups in total. The van der Waals surface area contributed by atoms with Gasteiger partial charge in [0.05, 0.1) is 0 Å². The van der Waals surface area contributed by atoms with Crippen molar-refractivity contribution < 1.29 is 4.79 Å². The fourth-order valence-electron chi connectivity index (χ4n) is 1.77. The molecule has 1 amide bonds. The van der Waals surface area contributed by atoms with Gasteiger partial charge in [0.2, 0.25) is 5.91 Å². The number of amides is 1. The van der Waals surface area contributed by atoms with E-state index in [9.17, 15) is 4.79 Å². The van der Waals surface area contributed by atoms with Crippen LogP contribution in [-0.2, 0) is 4.79 Å². The van der Waals surface area contributed by atoms with Crippen molar-refractivity contribution in [2.24, 2.45) is 5.73 Å². The van der Waals surface area contributed by atoms with E-state index in [0.29, 0.717) is 6.54 Å². The van der Waals surface area contributed by atoms with Crippen LogP contribution in [0.5, 0.6) is 0 Å². The molecule has 1 rings (SSSR count). The van der Waals surface area contributed by atoms with Crippen molar-refractivity contribution in [3.63, 3.8) is 0 Å². The van der Waals surface area contributed by atoms with Crippen molar-refractivity contribution in [1.29, 1.82) is 0 Å². The first kappa shape index (κ1) is 9.48. The number of likely N-dealkylation sites (N-methyl/N-ethyl adjacent to an activating group) is 1. The van der Waals surface area contributed by atoms with Crippen molar-refractivity contribution in [2.45, 2.75) is 18.4 Å². The van der Waals surface area contributed by atoms with Gasteiger partial charge in [-0.1, -0.05) is 0 Å². The number of nitrogens with zero attached hydrogens (tertiary/aromatic N) is 1. The van der Waals surface area contributed by atoms with Crippen molar-refractivity contribution in [2.75, 3.05) is 27.2 Å². The number of hydrogen-bond acceptors (Lipinski definition) is 3. The maximum atomic E-state index is 11.2. The zero-order chi connectivity index (χ0) is 9.19. The molecule has 0 spiro atoms. The molecule has 0 saturated carbocycles. The van der Waals surface area contributed by atoms with E-state index in [2.05, 4.69) is 5.32 Å². The lowest BCUT2D eigenvalue weighted by molar-refractivity contribution is -0.124. The summed E-state index contributed by atoms with van der Waals surface area (Å²) in [5, 5.41) is 3.18. The van der Waals surface area contributed by atoms with Gasteiger partial charge in [-0.05, 0) is 33.5 Å².